The van der Waals surface area contributed by atoms with Gasteiger partial charge in [0.1, 0.15) is 11.5 Å². The number of halogens is 3. The first-order valence-corrected chi connectivity index (χ1v) is 10.6. The summed E-state index contributed by atoms with van der Waals surface area (Å²) in [5.74, 6) is 0.309. The van der Waals surface area contributed by atoms with Crippen molar-refractivity contribution in [3.8, 4) is 5.69 Å². The van der Waals surface area contributed by atoms with Crippen LogP contribution in [0, 0.1) is 12.8 Å². The van der Waals surface area contributed by atoms with E-state index in [2.05, 4.69) is 30.5 Å². The Bertz CT molecular complexity index is 1150. The minimum absolute atomic E-state index is 0.146. The van der Waals surface area contributed by atoms with Crippen molar-refractivity contribution in [3.63, 3.8) is 0 Å². The predicted octanol–water partition coefficient (Wildman–Crippen LogP) is 2.88. The van der Waals surface area contributed by atoms with Crippen molar-refractivity contribution in [2.24, 2.45) is 5.92 Å². The molecule has 2 saturated heterocycles. The molecule has 3 aromatic heterocycles. The molecule has 6 rings (SSSR count). The first-order valence-electron chi connectivity index (χ1n) is 10.6. The lowest BCUT2D eigenvalue weighted by atomic mass is 9.76. The highest BCUT2D eigenvalue weighted by atomic mass is 19.4. The Morgan fingerprint density at radius 3 is 2.58 bits per heavy atom. The summed E-state index contributed by atoms with van der Waals surface area (Å²) in [5, 5.41) is 11.5. The number of piperidine rings is 2. The second-order valence-electron chi connectivity index (χ2n) is 8.38. The minimum atomic E-state index is -4.54. The SMILES string of the molecule is Cc1ccc(-n2nccn2)c(C(=O)N2CC3CC[C@H]2[C@@H](Nc2cnc(C(F)(F)F)cn2)C3)n1. The van der Waals surface area contributed by atoms with Crippen LogP contribution in [0.15, 0.2) is 36.9 Å². The van der Waals surface area contributed by atoms with Crippen molar-refractivity contribution in [1.29, 1.82) is 0 Å². The Morgan fingerprint density at radius 2 is 1.91 bits per heavy atom. The molecule has 1 unspecified atom stereocenters. The van der Waals surface area contributed by atoms with E-state index in [0.29, 0.717) is 24.1 Å². The van der Waals surface area contributed by atoms with E-state index < -0.39 is 11.9 Å². The number of amides is 1. The van der Waals surface area contributed by atoms with Gasteiger partial charge in [-0.05, 0) is 44.2 Å². The van der Waals surface area contributed by atoms with Gasteiger partial charge >= 0.3 is 6.18 Å². The highest BCUT2D eigenvalue weighted by Gasteiger charge is 2.44. The maximum Gasteiger partial charge on any atom is 0.434 e. The monoisotopic (exact) mass is 458 g/mol. The highest BCUT2D eigenvalue weighted by molar-refractivity contribution is 5.96. The molecule has 1 aliphatic carbocycles. The Balaban J connectivity index is 1.39. The number of carbonyl (C=O) groups excluding carboxylic acids is 1. The van der Waals surface area contributed by atoms with Crippen LogP contribution in [0.2, 0.25) is 0 Å². The molecule has 1 saturated carbocycles. The number of alkyl halides is 3. The van der Waals surface area contributed by atoms with Crippen LogP contribution in [0.25, 0.3) is 5.69 Å². The van der Waals surface area contributed by atoms with E-state index in [-0.39, 0.29) is 35.4 Å². The molecule has 172 valence electrons. The lowest BCUT2D eigenvalue weighted by molar-refractivity contribution is -0.141. The van der Waals surface area contributed by atoms with Gasteiger partial charge in [0.15, 0.2) is 11.4 Å². The molecule has 0 spiro atoms. The zero-order chi connectivity index (χ0) is 23.2. The van der Waals surface area contributed by atoms with Crippen LogP contribution in [-0.4, -0.2) is 59.4 Å². The fourth-order valence-corrected chi connectivity index (χ4v) is 4.67. The summed E-state index contributed by atoms with van der Waals surface area (Å²) in [5.41, 5.74) is 0.424. The summed E-state index contributed by atoms with van der Waals surface area (Å²) in [4.78, 5) is 28.6. The molecule has 2 bridgehead atoms. The number of nitrogens with zero attached hydrogens (tertiary/aromatic N) is 7. The number of rotatable bonds is 4. The number of carbonyl (C=O) groups is 1. The lowest BCUT2D eigenvalue weighted by Gasteiger charge is -2.50. The van der Waals surface area contributed by atoms with E-state index in [1.165, 1.54) is 17.2 Å². The molecule has 2 aliphatic heterocycles. The molecule has 3 aliphatic rings. The Labute approximate surface area is 187 Å². The van der Waals surface area contributed by atoms with Gasteiger partial charge in [-0.25, -0.2) is 15.0 Å². The maximum atomic E-state index is 13.6. The number of nitrogens with one attached hydrogen (secondary N) is 1. The molecule has 1 amide bonds. The fourth-order valence-electron chi connectivity index (χ4n) is 4.67. The summed E-state index contributed by atoms with van der Waals surface area (Å²) in [6.45, 7) is 2.41. The van der Waals surface area contributed by atoms with Gasteiger partial charge in [0.05, 0.1) is 30.8 Å². The van der Waals surface area contributed by atoms with E-state index in [9.17, 15) is 18.0 Å². The van der Waals surface area contributed by atoms with Crippen LogP contribution in [0.1, 0.15) is 41.1 Å². The molecule has 33 heavy (non-hydrogen) atoms. The zero-order valence-electron chi connectivity index (χ0n) is 17.7. The molecular formula is C21H21F3N8O. The van der Waals surface area contributed by atoms with Crippen LogP contribution in [-0.2, 0) is 6.18 Å². The van der Waals surface area contributed by atoms with Crippen LogP contribution in [0.5, 0.6) is 0 Å². The average molecular weight is 458 g/mol. The van der Waals surface area contributed by atoms with Crippen molar-refractivity contribution in [2.75, 3.05) is 11.9 Å². The summed E-state index contributed by atoms with van der Waals surface area (Å²) in [7, 11) is 0. The number of aryl methyl sites for hydroxylation is 1. The standard InChI is InChI=1S/C21H21F3N8O/c1-12-2-4-16(32-27-6-7-28-32)19(29-12)20(33)31-11-13-3-5-15(31)14(8-13)30-18-10-25-17(9-26-18)21(22,23)24/h2,4,6-7,9-10,13-15H,3,5,8,11H2,1H3,(H,26,30)/t13?,14-,15-/m0/s1. The van der Waals surface area contributed by atoms with E-state index in [0.717, 1.165) is 25.5 Å². The number of pyridine rings is 1. The number of anilines is 1. The number of aromatic nitrogens is 6. The van der Waals surface area contributed by atoms with Gasteiger partial charge in [-0.2, -0.15) is 23.4 Å². The third-order valence-electron chi connectivity index (χ3n) is 6.16. The quantitative estimate of drug-likeness (QED) is 0.642. The minimum Gasteiger partial charge on any atom is -0.364 e. The summed E-state index contributed by atoms with van der Waals surface area (Å²) >= 11 is 0. The first-order chi connectivity index (χ1) is 15.8. The molecule has 5 heterocycles. The van der Waals surface area contributed by atoms with Gasteiger partial charge in [-0.3, -0.25) is 4.79 Å². The van der Waals surface area contributed by atoms with Crippen LogP contribution < -0.4 is 5.32 Å². The average Bonchev–Trinajstić information content (AvgIpc) is 3.33. The van der Waals surface area contributed by atoms with E-state index in [1.807, 2.05) is 11.8 Å². The predicted molar refractivity (Wildman–Crippen MR) is 111 cm³/mol. The van der Waals surface area contributed by atoms with Gasteiger partial charge in [0.25, 0.3) is 5.91 Å². The zero-order valence-corrected chi connectivity index (χ0v) is 17.7. The molecule has 3 aromatic rings. The third kappa shape index (κ3) is 4.12. The number of fused-ring (bicyclic) bond motifs is 3. The van der Waals surface area contributed by atoms with Gasteiger partial charge in [-0.1, -0.05) is 0 Å². The van der Waals surface area contributed by atoms with Crippen molar-refractivity contribution in [3.05, 3.63) is 54.0 Å². The topological polar surface area (TPSA) is 102 Å². The van der Waals surface area contributed by atoms with E-state index >= 15 is 0 Å². The van der Waals surface area contributed by atoms with Crippen molar-refractivity contribution in [1.82, 2.24) is 34.8 Å². The van der Waals surface area contributed by atoms with Crippen molar-refractivity contribution >= 4 is 11.7 Å². The van der Waals surface area contributed by atoms with Gasteiger partial charge in [0, 0.05) is 18.3 Å². The second kappa shape index (κ2) is 8.09. The number of hydrogen-bond donors (Lipinski definition) is 1. The second-order valence-corrected chi connectivity index (χ2v) is 8.38. The first kappa shape index (κ1) is 21.3. The lowest BCUT2D eigenvalue weighted by Crippen LogP contribution is -2.60. The third-order valence-corrected chi connectivity index (χ3v) is 6.16. The summed E-state index contributed by atoms with van der Waals surface area (Å²) in [6.07, 6.45) is 2.88. The van der Waals surface area contributed by atoms with Gasteiger partial charge in [0.2, 0.25) is 0 Å². The normalized spacial score (nSPS) is 22.4. The highest BCUT2D eigenvalue weighted by Crippen LogP contribution is 2.37. The molecule has 1 N–H and O–H groups in total. The maximum absolute atomic E-state index is 13.6. The Morgan fingerprint density at radius 1 is 1.12 bits per heavy atom. The van der Waals surface area contributed by atoms with Crippen LogP contribution in [0.3, 0.4) is 0 Å². The molecule has 0 aromatic carbocycles. The molecule has 3 fully saturated rings. The largest absolute Gasteiger partial charge is 0.434 e. The van der Waals surface area contributed by atoms with Crippen molar-refractivity contribution in [2.45, 2.75) is 44.4 Å². The summed E-state index contributed by atoms with van der Waals surface area (Å²) in [6, 6.07) is 3.27. The van der Waals surface area contributed by atoms with Gasteiger partial charge < -0.3 is 10.2 Å². The molecule has 12 heteroatoms. The van der Waals surface area contributed by atoms with Gasteiger partial charge in [-0.15, -0.1) is 4.80 Å². The molecule has 9 nitrogen and oxygen atoms in total. The van der Waals surface area contributed by atoms with Crippen molar-refractivity contribution < 1.29 is 18.0 Å². The molecule has 0 radical (unpaired) electrons. The molecular weight excluding hydrogens is 437 g/mol. The van der Waals surface area contributed by atoms with E-state index in [1.54, 1.807) is 12.1 Å². The fraction of sp³-hybridized carbons (Fsp3) is 0.429. The Kier molecular flexibility index (Phi) is 5.22. The number of hydrogen-bond acceptors (Lipinski definition) is 7. The molecule has 3 atom stereocenters. The smallest absolute Gasteiger partial charge is 0.364 e. The van der Waals surface area contributed by atoms with Crippen LogP contribution >= 0.6 is 0 Å². The van der Waals surface area contributed by atoms with E-state index in [4.69, 9.17) is 0 Å². The summed E-state index contributed by atoms with van der Waals surface area (Å²) < 4.78 is 38.3. The van der Waals surface area contributed by atoms with Crippen LogP contribution in [0.4, 0.5) is 19.0 Å². The Hall–Kier alpha value is -3.57.